The summed E-state index contributed by atoms with van der Waals surface area (Å²) in [5, 5.41) is 0.847. The fourth-order valence-corrected chi connectivity index (χ4v) is 12.0. The topological polar surface area (TPSA) is 18.5 Å². The van der Waals surface area contributed by atoms with Crippen molar-refractivity contribution in [2.24, 2.45) is 0 Å². The van der Waals surface area contributed by atoms with Gasteiger partial charge in [-0.15, -0.1) is 0 Å². The predicted molar refractivity (Wildman–Crippen MR) is 137 cm³/mol. The molecule has 2 nitrogen and oxygen atoms in total. The zero-order chi connectivity index (χ0) is 21.8. The molecule has 0 aliphatic carbocycles. The first kappa shape index (κ1) is 21.6. The Kier molecular flexibility index (Phi) is 6.18. The van der Waals surface area contributed by atoms with Crippen LogP contribution in [0.2, 0.25) is 0 Å². The molecule has 0 unspecified atom stereocenters. The van der Waals surface area contributed by atoms with Crippen molar-refractivity contribution in [2.45, 2.75) is 6.16 Å². The van der Waals surface area contributed by atoms with Crippen LogP contribution in [0.5, 0.6) is 11.5 Å². The van der Waals surface area contributed by atoms with Crippen molar-refractivity contribution in [2.75, 3.05) is 14.2 Å². The van der Waals surface area contributed by atoms with Crippen LogP contribution in [-0.2, 0) is 6.16 Å². The van der Waals surface area contributed by atoms with E-state index in [0.29, 0.717) is 0 Å². The number of halogens is 1. The average Bonchev–Trinajstić information content (AvgIpc) is 2.85. The van der Waals surface area contributed by atoms with Gasteiger partial charge < -0.3 is 0 Å². The van der Waals surface area contributed by atoms with E-state index in [1.165, 1.54) is 21.5 Å². The molecule has 0 fully saturated rings. The van der Waals surface area contributed by atoms with E-state index >= 15 is 0 Å². The molecule has 4 heteroatoms. The van der Waals surface area contributed by atoms with Gasteiger partial charge in [0.2, 0.25) is 0 Å². The fourth-order valence-electron chi connectivity index (χ4n) is 4.26. The Labute approximate surface area is 192 Å². The maximum absolute atomic E-state index is 5.62. The minimum absolute atomic E-state index is 0.736. The molecule has 0 amide bonds. The third kappa shape index (κ3) is 3.78. The van der Waals surface area contributed by atoms with Crippen molar-refractivity contribution in [3.63, 3.8) is 0 Å². The maximum atomic E-state index is 5.62. The van der Waals surface area contributed by atoms with E-state index in [4.69, 9.17) is 9.47 Å². The molecule has 0 atom stereocenters. The van der Waals surface area contributed by atoms with E-state index in [0.717, 1.165) is 17.7 Å². The second-order valence-corrected chi connectivity index (χ2v) is 16.5. The van der Waals surface area contributed by atoms with Crippen molar-refractivity contribution < 1.29 is 9.47 Å². The molecule has 4 aromatic carbocycles. The molecular formula is C27H26BrO2P. The zero-order valence-electron chi connectivity index (χ0n) is 17.7. The van der Waals surface area contributed by atoms with Gasteiger partial charge in [-0.25, -0.2) is 0 Å². The summed E-state index contributed by atoms with van der Waals surface area (Å²) in [6.07, 6.45) is 0.810. The summed E-state index contributed by atoms with van der Waals surface area (Å²) in [6.45, 7) is 0. The Morgan fingerprint density at radius 1 is 0.581 bits per heavy atom. The van der Waals surface area contributed by atoms with Crippen molar-refractivity contribution in [3.8, 4) is 11.5 Å². The molecule has 158 valence electrons. The third-order valence-corrected chi connectivity index (χ3v) is 15.3. The van der Waals surface area contributed by atoms with Crippen molar-refractivity contribution in [1.29, 1.82) is 0 Å². The normalized spacial score (nSPS) is 12.5. The molecule has 0 radical (unpaired) electrons. The first-order valence-corrected chi connectivity index (χ1v) is 14.6. The Bertz CT molecular complexity index is 1050. The van der Waals surface area contributed by atoms with Gasteiger partial charge >= 0.3 is 193 Å². The van der Waals surface area contributed by atoms with E-state index in [2.05, 4.69) is 119 Å². The number of hydrogen-bond donors (Lipinski definition) is 0. The van der Waals surface area contributed by atoms with Crippen molar-refractivity contribution in [1.82, 2.24) is 0 Å². The Morgan fingerprint density at radius 2 is 1.00 bits per heavy atom. The van der Waals surface area contributed by atoms with Crippen molar-refractivity contribution >= 4 is 36.7 Å². The van der Waals surface area contributed by atoms with Gasteiger partial charge in [0.05, 0.1) is 0 Å². The van der Waals surface area contributed by atoms with Gasteiger partial charge in [-0.1, -0.05) is 0 Å². The molecule has 0 saturated carbocycles. The van der Waals surface area contributed by atoms with Crippen LogP contribution in [0.25, 0.3) is 0 Å². The summed E-state index contributed by atoms with van der Waals surface area (Å²) in [5.41, 5.74) is 1.18. The summed E-state index contributed by atoms with van der Waals surface area (Å²) in [4.78, 5) is 0. The first-order chi connectivity index (χ1) is 15.1. The number of benzene rings is 4. The van der Waals surface area contributed by atoms with Gasteiger partial charge in [-0.3, -0.25) is 0 Å². The molecule has 4 aromatic rings. The molecule has 0 saturated heterocycles. The van der Waals surface area contributed by atoms with E-state index < -0.39 is 5.31 Å². The molecule has 0 N–H and O–H groups in total. The van der Waals surface area contributed by atoms with E-state index in [-0.39, 0.29) is 0 Å². The number of methoxy groups -OCH3 is 2. The minimum atomic E-state index is -3.03. The summed E-state index contributed by atoms with van der Waals surface area (Å²) in [5.74, 6) is 1.48. The van der Waals surface area contributed by atoms with Crippen LogP contribution in [0, 0.1) is 0 Å². The SMILES string of the molecule is COc1ccc(CP(Br)(c2ccccc2)(c2ccccc2)c2ccccc2)cc1OC. The van der Waals surface area contributed by atoms with Gasteiger partial charge in [-0.05, 0) is 0 Å². The average molecular weight is 493 g/mol. The molecule has 0 aliphatic rings. The second-order valence-electron chi connectivity index (χ2n) is 7.54. The summed E-state index contributed by atoms with van der Waals surface area (Å²) >= 11 is 4.49. The van der Waals surface area contributed by atoms with Crippen LogP contribution in [0.15, 0.2) is 109 Å². The van der Waals surface area contributed by atoms with Crippen LogP contribution in [-0.4, -0.2) is 14.2 Å². The number of hydrogen-bond acceptors (Lipinski definition) is 2. The van der Waals surface area contributed by atoms with Crippen LogP contribution < -0.4 is 25.4 Å². The van der Waals surface area contributed by atoms with Crippen molar-refractivity contribution in [3.05, 3.63) is 115 Å². The van der Waals surface area contributed by atoms with Gasteiger partial charge in [0.1, 0.15) is 0 Å². The third-order valence-electron chi connectivity index (χ3n) is 5.81. The predicted octanol–water partition coefficient (Wildman–Crippen LogP) is 6.04. The van der Waals surface area contributed by atoms with Gasteiger partial charge in [0, 0.05) is 0 Å². The number of ether oxygens (including phenoxy) is 2. The quantitative estimate of drug-likeness (QED) is 0.292. The Morgan fingerprint density at radius 3 is 1.39 bits per heavy atom. The number of rotatable bonds is 7. The molecule has 0 bridgehead atoms. The molecule has 0 spiro atoms. The van der Waals surface area contributed by atoms with E-state index in [1.807, 2.05) is 6.07 Å². The second kappa shape index (κ2) is 8.86. The van der Waals surface area contributed by atoms with Crippen LogP contribution >= 0.6 is 20.8 Å². The summed E-state index contributed by atoms with van der Waals surface area (Å²) in [7, 11) is 3.35. The molecule has 0 aromatic heterocycles. The standard InChI is InChI=1S/C27H26BrO2P/c1-29-26-19-18-22(20-27(26)30-2)21-31(28,23-12-6-3-7-13-23,24-14-8-4-9-15-24)25-16-10-5-11-17-25/h3-20H,21H2,1-2H3. The van der Waals surface area contributed by atoms with E-state index in [1.54, 1.807) is 14.2 Å². The van der Waals surface area contributed by atoms with Gasteiger partial charge in [-0.2, -0.15) is 0 Å². The fraction of sp³-hybridized carbons (Fsp3) is 0.111. The van der Waals surface area contributed by atoms with Crippen LogP contribution in [0.3, 0.4) is 0 Å². The molecule has 0 heterocycles. The summed E-state index contributed by atoms with van der Waals surface area (Å²) < 4.78 is 11.1. The van der Waals surface area contributed by atoms with Crippen LogP contribution in [0.1, 0.15) is 5.56 Å². The Balaban J connectivity index is 2.04. The molecule has 4 rings (SSSR count). The Hall–Kier alpha value is -2.61. The first-order valence-electron chi connectivity index (χ1n) is 10.2. The zero-order valence-corrected chi connectivity index (χ0v) is 20.2. The summed E-state index contributed by atoms with van der Waals surface area (Å²) in [6, 6.07) is 38.6. The van der Waals surface area contributed by atoms with Crippen LogP contribution in [0.4, 0.5) is 0 Å². The molecule has 0 aliphatic heterocycles. The molecular weight excluding hydrogens is 467 g/mol. The molecule has 31 heavy (non-hydrogen) atoms. The van der Waals surface area contributed by atoms with E-state index in [9.17, 15) is 0 Å². The monoisotopic (exact) mass is 492 g/mol. The van der Waals surface area contributed by atoms with Gasteiger partial charge in [0.15, 0.2) is 0 Å². The van der Waals surface area contributed by atoms with Gasteiger partial charge in [0.25, 0.3) is 0 Å².